The van der Waals surface area contributed by atoms with E-state index in [1.807, 2.05) is 27.7 Å². The Kier molecular flexibility index (Phi) is 7.67. The molecule has 140 valence electrons. The predicted octanol–water partition coefficient (Wildman–Crippen LogP) is 2.30. The standard InChI is InChI=1S/C18H33NO5/c1-7-8-23-15(20)10-19-18(11-22-12-18)14(9-13(2)3)16(21)24-17(4,5)6/h13-14,19H,7-12H2,1-6H3. The molecular formula is C18H33NO5. The van der Waals surface area contributed by atoms with E-state index in [1.54, 1.807) is 0 Å². The molecule has 1 atom stereocenters. The van der Waals surface area contributed by atoms with Crippen LogP contribution in [0, 0.1) is 11.8 Å². The molecule has 1 aliphatic heterocycles. The Morgan fingerprint density at radius 3 is 2.29 bits per heavy atom. The lowest BCUT2D eigenvalue weighted by Crippen LogP contribution is -2.68. The van der Waals surface area contributed by atoms with Crippen LogP contribution in [0.25, 0.3) is 0 Å². The number of carbonyl (C=O) groups is 2. The van der Waals surface area contributed by atoms with E-state index in [1.165, 1.54) is 0 Å². The molecule has 1 N–H and O–H groups in total. The number of ether oxygens (including phenoxy) is 3. The molecule has 1 heterocycles. The molecule has 0 amide bonds. The van der Waals surface area contributed by atoms with E-state index >= 15 is 0 Å². The third-order valence-electron chi connectivity index (χ3n) is 3.84. The van der Waals surface area contributed by atoms with Crippen molar-refractivity contribution < 1.29 is 23.8 Å². The average Bonchev–Trinajstić information content (AvgIpc) is 2.40. The minimum Gasteiger partial charge on any atom is -0.465 e. The summed E-state index contributed by atoms with van der Waals surface area (Å²) in [6.07, 6.45) is 1.46. The maximum Gasteiger partial charge on any atom is 0.319 e. The molecule has 0 aromatic heterocycles. The maximum absolute atomic E-state index is 12.7. The van der Waals surface area contributed by atoms with Crippen molar-refractivity contribution in [2.24, 2.45) is 11.8 Å². The summed E-state index contributed by atoms with van der Waals surface area (Å²) in [7, 11) is 0. The summed E-state index contributed by atoms with van der Waals surface area (Å²) in [5.74, 6) is -0.581. The lowest BCUT2D eigenvalue weighted by molar-refractivity contribution is -0.178. The molecule has 6 heteroatoms. The first-order valence-corrected chi connectivity index (χ1v) is 8.81. The van der Waals surface area contributed by atoms with E-state index in [2.05, 4.69) is 19.2 Å². The third kappa shape index (κ3) is 6.40. The molecule has 0 saturated carbocycles. The van der Waals surface area contributed by atoms with E-state index in [9.17, 15) is 9.59 Å². The lowest BCUT2D eigenvalue weighted by Gasteiger charge is -2.47. The van der Waals surface area contributed by atoms with Crippen molar-refractivity contribution in [2.45, 2.75) is 65.5 Å². The van der Waals surface area contributed by atoms with Crippen LogP contribution in [-0.2, 0) is 23.8 Å². The van der Waals surface area contributed by atoms with Crippen molar-refractivity contribution in [1.29, 1.82) is 0 Å². The molecule has 0 bridgehead atoms. The Bertz CT molecular complexity index is 424. The zero-order valence-electron chi connectivity index (χ0n) is 15.9. The van der Waals surface area contributed by atoms with E-state index in [0.29, 0.717) is 32.2 Å². The normalized spacial score (nSPS) is 18.0. The topological polar surface area (TPSA) is 73.9 Å². The molecule has 0 spiro atoms. The summed E-state index contributed by atoms with van der Waals surface area (Å²) in [5, 5.41) is 3.21. The molecule has 0 aromatic rings. The molecule has 0 aliphatic carbocycles. The number of esters is 2. The van der Waals surface area contributed by atoms with Gasteiger partial charge in [-0.25, -0.2) is 0 Å². The molecule has 24 heavy (non-hydrogen) atoms. The Hall–Kier alpha value is -1.14. The van der Waals surface area contributed by atoms with Gasteiger partial charge in [0.25, 0.3) is 0 Å². The van der Waals surface area contributed by atoms with Gasteiger partial charge in [-0.05, 0) is 39.5 Å². The van der Waals surface area contributed by atoms with E-state index in [4.69, 9.17) is 14.2 Å². The SMILES string of the molecule is CCCOC(=O)CNC1(C(CC(C)C)C(=O)OC(C)(C)C)COC1. The first-order chi connectivity index (χ1) is 11.1. The summed E-state index contributed by atoms with van der Waals surface area (Å²) in [5.41, 5.74) is -1.10. The summed E-state index contributed by atoms with van der Waals surface area (Å²) in [6, 6.07) is 0. The fourth-order valence-electron chi connectivity index (χ4n) is 2.66. The highest BCUT2D eigenvalue weighted by Crippen LogP contribution is 2.33. The van der Waals surface area contributed by atoms with Gasteiger partial charge in [-0.1, -0.05) is 20.8 Å². The lowest BCUT2D eigenvalue weighted by atomic mass is 9.77. The molecular weight excluding hydrogens is 310 g/mol. The maximum atomic E-state index is 12.7. The number of nitrogens with one attached hydrogen (secondary N) is 1. The molecule has 6 nitrogen and oxygen atoms in total. The minimum atomic E-state index is -0.558. The van der Waals surface area contributed by atoms with Crippen molar-refractivity contribution in [2.75, 3.05) is 26.4 Å². The van der Waals surface area contributed by atoms with Gasteiger partial charge >= 0.3 is 11.9 Å². The van der Waals surface area contributed by atoms with Crippen LogP contribution in [-0.4, -0.2) is 49.4 Å². The van der Waals surface area contributed by atoms with E-state index in [0.717, 1.165) is 6.42 Å². The summed E-state index contributed by atoms with van der Waals surface area (Å²) in [4.78, 5) is 24.5. The number of hydrogen-bond acceptors (Lipinski definition) is 6. The Morgan fingerprint density at radius 1 is 1.25 bits per heavy atom. The van der Waals surface area contributed by atoms with Crippen LogP contribution in [0.4, 0.5) is 0 Å². The first kappa shape index (κ1) is 20.9. The third-order valence-corrected chi connectivity index (χ3v) is 3.84. The molecule has 0 aromatic carbocycles. The molecule has 1 saturated heterocycles. The molecule has 0 radical (unpaired) electrons. The van der Waals surface area contributed by atoms with Crippen LogP contribution >= 0.6 is 0 Å². The second-order valence-corrected chi connectivity index (χ2v) is 7.94. The van der Waals surface area contributed by atoms with Crippen LogP contribution < -0.4 is 5.32 Å². The Balaban J connectivity index is 2.79. The second kappa shape index (κ2) is 8.81. The highest BCUT2D eigenvalue weighted by atomic mass is 16.6. The highest BCUT2D eigenvalue weighted by molar-refractivity contribution is 5.76. The van der Waals surface area contributed by atoms with Crippen LogP contribution in [0.15, 0.2) is 0 Å². The van der Waals surface area contributed by atoms with Crippen molar-refractivity contribution in [3.05, 3.63) is 0 Å². The van der Waals surface area contributed by atoms with Gasteiger partial charge in [0.1, 0.15) is 5.60 Å². The van der Waals surface area contributed by atoms with Gasteiger partial charge < -0.3 is 14.2 Å². The van der Waals surface area contributed by atoms with Gasteiger partial charge in [0.2, 0.25) is 0 Å². The zero-order chi connectivity index (χ0) is 18.4. The highest BCUT2D eigenvalue weighted by Gasteiger charge is 2.50. The van der Waals surface area contributed by atoms with Crippen molar-refractivity contribution in [3.63, 3.8) is 0 Å². The van der Waals surface area contributed by atoms with Gasteiger partial charge in [-0.2, -0.15) is 0 Å². The van der Waals surface area contributed by atoms with Gasteiger partial charge in [0.05, 0.1) is 37.8 Å². The van der Waals surface area contributed by atoms with Crippen molar-refractivity contribution in [3.8, 4) is 0 Å². The summed E-state index contributed by atoms with van der Waals surface area (Å²) >= 11 is 0. The van der Waals surface area contributed by atoms with Gasteiger partial charge in [0.15, 0.2) is 0 Å². The van der Waals surface area contributed by atoms with Gasteiger partial charge in [-0.3, -0.25) is 14.9 Å². The quantitative estimate of drug-likeness (QED) is 0.648. The predicted molar refractivity (Wildman–Crippen MR) is 91.6 cm³/mol. The number of carbonyl (C=O) groups excluding carboxylic acids is 2. The van der Waals surface area contributed by atoms with Crippen LogP contribution in [0.3, 0.4) is 0 Å². The largest absolute Gasteiger partial charge is 0.465 e. The molecule has 1 rings (SSSR count). The number of rotatable bonds is 9. The number of hydrogen-bond donors (Lipinski definition) is 1. The molecule has 1 aliphatic rings. The fourth-order valence-corrected chi connectivity index (χ4v) is 2.66. The van der Waals surface area contributed by atoms with Gasteiger partial charge in [-0.15, -0.1) is 0 Å². The van der Waals surface area contributed by atoms with Gasteiger partial charge in [0, 0.05) is 0 Å². The second-order valence-electron chi connectivity index (χ2n) is 7.94. The van der Waals surface area contributed by atoms with E-state index < -0.39 is 11.1 Å². The van der Waals surface area contributed by atoms with Crippen LogP contribution in [0.1, 0.15) is 54.4 Å². The Labute approximate surface area is 145 Å². The fraction of sp³-hybridized carbons (Fsp3) is 0.889. The first-order valence-electron chi connectivity index (χ1n) is 8.81. The van der Waals surface area contributed by atoms with Crippen LogP contribution in [0.5, 0.6) is 0 Å². The molecule has 1 unspecified atom stereocenters. The smallest absolute Gasteiger partial charge is 0.319 e. The zero-order valence-corrected chi connectivity index (χ0v) is 15.9. The van der Waals surface area contributed by atoms with Crippen LogP contribution in [0.2, 0.25) is 0 Å². The van der Waals surface area contributed by atoms with Crippen molar-refractivity contribution >= 4 is 11.9 Å². The average molecular weight is 343 g/mol. The summed E-state index contributed by atoms with van der Waals surface area (Å²) < 4.78 is 16.1. The Morgan fingerprint density at radius 2 is 1.88 bits per heavy atom. The van der Waals surface area contributed by atoms with E-state index in [-0.39, 0.29) is 24.4 Å². The minimum absolute atomic E-state index is 0.0702. The monoisotopic (exact) mass is 343 g/mol. The summed E-state index contributed by atoms with van der Waals surface area (Å²) in [6.45, 7) is 12.9. The van der Waals surface area contributed by atoms with Crippen molar-refractivity contribution in [1.82, 2.24) is 5.32 Å². The molecule has 1 fully saturated rings.